The van der Waals surface area contributed by atoms with Crippen LogP contribution in [0, 0.1) is 5.92 Å². The Hall–Kier alpha value is -1.26. The zero-order chi connectivity index (χ0) is 14.8. The Morgan fingerprint density at radius 3 is 2.95 bits per heavy atom. The Morgan fingerprint density at radius 2 is 2.05 bits per heavy atom. The Balaban J connectivity index is 1.66. The Bertz CT molecular complexity index is 649. The van der Waals surface area contributed by atoms with Crippen molar-refractivity contribution in [2.45, 2.75) is 37.3 Å². The number of halogens is 1. The molecule has 1 amide bonds. The Labute approximate surface area is 135 Å². The first-order valence-corrected chi connectivity index (χ1v) is 8.70. The maximum Gasteiger partial charge on any atom is 0.226 e. The van der Waals surface area contributed by atoms with Gasteiger partial charge in [-0.05, 0) is 56.1 Å². The summed E-state index contributed by atoms with van der Waals surface area (Å²) in [5.41, 5.74) is 2.66. The van der Waals surface area contributed by atoms with Gasteiger partial charge < -0.3 is 10.2 Å². The number of hydrogen-bond donors (Lipinski definition) is 1. The van der Waals surface area contributed by atoms with E-state index in [4.69, 9.17) is 11.6 Å². The molecule has 0 spiro atoms. The predicted octanol–water partition coefficient (Wildman–Crippen LogP) is 2.18. The van der Waals surface area contributed by atoms with Crippen LogP contribution in [0.5, 0.6) is 0 Å². The summed E-state index contributed by atoms with van der Waals surface area (Å²) in [5, 5.41) is 3.99. The Morgan fingerprint density at radius 1 is 1.14 bits per heavy atom. The minimum Gasteiger partial charge on any atom is -0.348 e. The number of benzene rings is 1. The van der Waals surface area contributed by atoms with Gasteiger partial charge in [0.25, 0.3) is 0 Å². The van der Waals surface area contributed by atoms with Crippen LogP contribution in [0.15, 0.2) is 18.2 Å². The van der Waals surface area contributed by atoms with Gasteiger partial charge in [0.05, 0.1) is 18.6 Å². The lowest BCUT2D eigenvalue weighted by molar-refractivity contribution is -0.128. The average Bonchev–Trinajstić information content (AvgIpc) is 2.76. The van der Waals surface area contributed by atoms with E-state index >= 15 is 0 Å². The van der Waals surface area contributed by atoms with Crippen molar-refractivity contribution in [3.05, 3.63) is 28.8 Å². The molecule has 5 rings (SSSR count). The first-order chi connectivity index (χ1) is 10.7. The number of nitrogens with zero attached hydrogens (tertiary/aromatic N) is 2. The molecule has 4 aliphatic rings. The van der Waals surface area contributed by atoms with Gasteiger partial charge in [-0.1, -0.05) is 11.6 Å². The van der Waals surface area contributed by atoms with Crippen molar-refractivity contribution in [2.75, 3.05) is 24.7 Å². The highest BCUT2D eigenvalue weighted by atomic mass is 35.5. The second-order valence-electron chi connectivity index (χ2n) is 7.03. The van der Waals surface area contributed by atoms with E-state index in [-0.39, 0.29) is 11.8 Å². The highest BCUT2D eigenvalue weighted by Gasteiger charge is 2.54. The standard InChI is InChI=1S/C17H20ClN3O/c18-10-3-4-14-13(8-10)11-5-7-20-6-1-2-12-15(20)16(11)21(14)9-19-17(12)22/h3-4,8,11-12,15-16H,1-2,5-7,9H2,(H,19,22). The smallest absolute Gasteiger partial charge is 0.226 e. The number of hydrogen-bond acceptors (Lipinski definition) is 3. The molecule has 116 valence electrons. The number of fused-ring (bicyclic) bond motifs is 3. The van der Waals surface area contributed by atoms with Gasteiger partial charge in [0, 0.05) is 22.7 Å². The number of anilines is 1. The molecular weight excluding hydrogens is 298 g/mol. The largest absolute Gasteiger partial charge is 0.348 e. The highest BCUT2D eigenvalue weighted by Crippen LogP contribution is 2.50. The molecule has 0 bridgehead atoms. The van der Waals surface area contributed by atoms with E-state index in [1.54, 1.807) is 0 Å². The lowest BCUT2D eigenvalue weighted by Gasteiger charge is -2.49. The van der Waals surface area contributed by atoms with Crippen molar-refractivity contribution in [3.63, 3.8) is 0 Å². The summed E-state index contributed by atoms with van der Waals surface area (Å²) in [6.45, 7) is 2.88. The van der Waals surface area contributed by atoms with Crippen LogP contribution in [0.25, 0.3) is 0 Å². The van der Waals surface area contributed by atoms with Gasteiger partial charge >= 0.3 is 0 Å². The molecule has 5 heteroatoms. The summed E-state index contributed by atoms with van der Waals surface area (Å²) in [5.74, 6) is 0.917. The van der Waals surface area contributed by atoms with E-state index in [0.29, 0.717) is 24.7 Å². The van der Waals surface area contributed by atoms with E-state index < -0.39 is 0 Å². The van der Waals surface area contributed by atoms with Gasteiger partial charge in [0.1, 0.15) is 0 Å². The number of carbonyl (C=O) groups is 1. The number of amides is 1. The monoisotopic (exact) mass is 317 g/mol. The highest BCUT2D eigenvalue weighted by molar-refractivity contribution is 6.30. The molecule has 1 aromatic rings. The molecule has 0 radical (unpaired) electrons. The number of piperidine rings is 2. The van der Waals surface area contributed by atoms with E-state index in [1.807, 2.05) is 6.07 Å². The van der Waals surface area contributed by atoms with Crippen molar-refractivity contribution in [1.82, 2.24) is 10.2 Å². The van der Waals surface area contributed by atoms with Crippen LogP contribution >= 0.6 is 11.6 Å². The van der Waals surface area contributed by atoms with Crippen molar-refractivity contribution in [3.8, 4) is 0 Å². The van der Waals surface area contributed by atoms with Gasteiger partial charge in [0.15, 0.2) is 0 Å². The maximum atomic E-state index is 12.5. The second-order valence-corrected chi connectivity index (χ2v) is 7.47. The third-order valence-electron chi connectivity index (χ3n) is 6.10. The molecule has 4 heterocycles. The van der Waals surface area contributed by atoms with Crippen LogP contribution < -0.4 is 10.2 Å². The first-order valence-electron chi connectivity index (χ1n) is 8.32. The van der Waals surface area contributed by atoms with E-state index in [1.165, 1.54) is 17.7 Å². The normalized spacial score (nSPS) is 36.4. The average molecular weight is 318 g/mol. The molecule has 4 nitrogen and oxygen atoms in total. The molecule has 4 aliphatic heterocycles. The molecule has 4 atom stereocenters. The van der Waals surface area contributed by atoms with E-state index in [2.05, 4.69) is 27.2 Å². The summed E-state index contributed by atoms with van der Waals surface area (Å²) in [6, 6.07) is 7.04. The summed E-state index contributed by atoms with van der Waals surface area (Å²) < 4.78 is 0. The topological polar surface area (TPSA) is 35.6 Å². The molecule has 22 heavy (non-hydrogen) atoms. The molecule has 3 fully saturated rings. The molecule has 0 saturated carbocycles. The lowest BCUT2D eigenvalue weighted by atomic mass is 9.75. The SMILES string of the molecule is O=C1NCN2c3ccc(Cl)cc3C3CCN4CCCC1C4C32. The molecule has 4 unspecified atom stereocenters. The van der Waals surface area contributed by atoms with Crippen LogP contribution in [0.2, 0.25) is 5.02 Å². The van der Waals surface area contributed by atoms with Gasteiger partial charge in [0.2, 0.25) is 5.91 Å². The fourth-order valence-electron chi connectivity index (χ4n) is 5.27. The number of carbonyl (C=O) groups excluding carboxylic acids is 1. The number of nitrogens with one attached hydrogen (secondary N) is 1. The zero-order valence-corrected chi connectivity index (χ0v) is 13.2. The van der Waals surface area contributed by atoms with Crippen LogP contribution in [0.1, 0.15) is 30.7 Å². The van der Waals surface area contributed by atoms with Crippen molar-refractivity contribution in [2.24, 2.45) is 5.92 Å². The molecule has 0 aliphatic carbocycles. The molecule has 1 aromatic carbocycles. The fourth-order valence-corrected chi connectivity index (χ4v) is 5.45. The third-order valence-corrected chi connectivity index (χ3v) is 6.34. The van der Waals surface area contributed by atoms with E-state index in [9.17, 15) is 4.79 Å². The van der Waals surface area contributed by atoms with Gasteiger partial charge in [-0.2, -0.15) is 0 Å². The quantitative estimate of drug-likeness (QED) is 0.796. The van der Waals surface area contributed by atoms with Gasteiger partial charge in [-0.15, -0.1) is 0 Å². The molecule has 3 saturated heterocycles. The summed E-state index contributed by atoms with van der Waals surface area (Å²) in [7, 11) is 0. The first kappa shape index (κ1) is 13.2. The van der Waals surface area contributed by atoms with Crippen LogP contribution in [-0.4, -0.2) is 42.6 Å². The van der Waals surface area contributed by atoms with E-state index in [0.717, 1.165) is 31.0 Å². The molecular formula is C17H20ClN3O. The summed E-state index contributed by atoms with van der Waals surface area (Å²) >= 11 is 6.25. The van der Waals surface area contributed by atoms with Gasteiger partial charge in [-0.25, -0.2) is 0 Å². The van der Waals surface area contributed by atoms with Crippen LogP contribution in [0.3, 0.4) is 0 Å². The maximum absolute atomic E-state index is 12.5. The number of rotatable bonds is 0. The zero-order valence-electron chi connectivity index (χ0n) is 12.5. The molecule has 0 aromatic heterocycles. The lowest BCUT2D eigenvalue weighted by Crippen LogP contribution is -2.60. The summed E-state index contributed by atoms with van der Waals surface area (Å²) in [4.78, 5) is 17.5. The van der Waals surface area contributed by atoms with Crippen LogP contribution in [0.4, 0.5) is 5.69 Å². The second kappa shape index (κ2) is 4.62. The fraction of sp³-hybridized carbons (Fsp3) is 0.588. The summed E-state index contributed by atoms with van der Waals surface area (Å²) in [6.07, 6.45) is 3.35. The molecule has 1 N–H and O–H groups in total. The van der Waals surface area contributed by atoms with Crippen molar-refractivity contribution in [1.29, 1.82) is 0 Å². The minimum absolute atomic E-state index is 0.149. The van der Waals surface area contributed by atoms with Gasteiger partial charge in [-0.3, -0.25) is 9.69 Å². The van der Waals surface area contributed by atoms with Crippen molar-refractivity contribution < 1.29 is 4.79 Å². The third kappa shape index (κ3) is 1.65. The van der Waals surface area contributed by atoms with Crippen LogP contribution in [-0.2, 0) is 4.79 Å². The van der Waals surface area contributed by atoms with Crippen molar-refractivity contribution >= 4 is 23.2 Å². The predicted molar refractivity (Wildman–Crippen MR) is 86.2 cm³/mol. The Kier molecular flexibility index (Phi) is 2.77. The minimum atomic E-state index is 0.149.